The van der Waals surface area contributed by atoms with Crippen LogP contribution < -0.4 is 4.91 Å². The normalized spacial score (nSPS) is 34.3. The van der Waals surface area contributed by atoms with Crippen LogP contribution in [0.4, 0.5) is 9.18 Å². The molecule has 0 aromatic heterocycles. The molecule has 1 saturated carbocycles. The first-order valence-electron chi connectivity index (χ1n) is 6.19. The van der Waals surface area contributed by atoms with Crippen LogP contribution in [0.15, 0.2) is 5.11 Å². The van der Waals surface area contributed by atoms with Crippen molar-refractivity contribution in [3.63, 3.8) is 0 Å². The number of carbonyl (C=O) groups is 1. The molecule has 1 spiro atoms. The first kappa shape index (κ1) is 13.0. The second-order valence-corrected chi connectivity index (χ2v) is 5.42. The van der Waals surface area contributed by atoms with Crippen LogP contribution in [0.5, 0.6) is 0 Å². The van der Waals surface area contributed by atoms with E-state index in [9.17, 15) is 9.18 Å². The molecule has 0 bridgehead atoms. The van der Waals surface area contributed by atoms with Gasteiger partial charge in [-0.1, -0.05) is 6.92 Å². The van der Waals surface area contributed by atoms with Gasteiger partial charge in [-0.15, -0.1) is 0 Å². The quantitative estimate of drug-likeness (QED) is 0.556. The molecule has 2 rings (SSSR count). The summed E-state index contributed by atoms with van der Waals surface area (Å²) in [5, 5.41) is 12.7. The lowest BCUT2D eigenvalue weighted by molar-refractivity contribution is 0.0755. The summed E-state index contributed by atoms with van der Waals surface area (Å²) in [6, 6.07) is -0.582. The molecule has 0 aromatic carbocycles. The number of nitrogens with one attached hydrogen (secondary N) is 1. The molecule has 3 unspecified atom stereocenters. The third kappa shape index (κ3) is 1.99. The van der Waals surface area contributed by atoms with Crippen molar-refractivity contribution in [1.29, 1.82) is 5.53 Å². The Morgan fingerprint density at radius 2 is 2.17 bits per heavy atom. The van der Waals surface area contributed by atoms with Crippen LogP contribution in [-0.2, 0) is 0 Å². The first-order valence-corrected chi connectivity index (χ1v) is 6.19. The molecule has 7 heteroatoms. The smallest absolute Gasteiger partial charge is 0.407 e. The molecule has 3 atom stereocenters. The largest absolute Gasteiger partial charge is 0.465 e. The summed E-state index contributed by atoms with van der Waals surface area (Å²) in [6.07, 6.45) is -0.0888. The summed E-state index contributed by atoms with van der Waals surface area (Å²) in [5.41, 5.74) is 6.51. The maximum absolute atomic E-state index is 14.1. The molecule has 1 heterocycles. The van der Waals surface area contributed by atoms with Gasteiger partial charge in [-0.3, -0.25) is 0 Å². The van der Waals surface area contributed by atoms with E-state index in [0.717, 1.165) is 0 Å². The highest BCUT2D eigenvalue weighted by Crippen LogP contribution is 2.51. The van der Waals surface area contributed by atoms with Crippen molar-refractivity contribution in [2.45, 2.75) is 38.4 Å². The molecular formula is C11H18FN4O2+. The Morgan fingerprint density at radius 3 is 2.67 bits per heavy atom. The average Bonchev–Trinajstić information content (AvgIpc) is 2.55. The highest BCUT2D eigenvalue weighted by Gasteiger charge is 2.56. The zero-order valence-electron chi connectivity index (χ0n) is 10.3. The maximum Gasteiger partial charge on any atom is 0.407 e. The number of amides is 1. The summed E-state index contributed by atoms with van der Waals surface area (Å²) < 4.78 is 14.1. The van der Waals surface area contributed by atoms with E-state index in [1.165, 1.54) is 4.90 Å². The van der Waals surface area contributed by atoms with Gasteiger partial charge in [0.2, 0.25) is 4.91 Å². The molecule has 0 aromatic rings. The number of hydrogen-bond donors (Lipinski definition) is 2. The van der Waals surface area contributed by atoms with Gasteiger partial charge in [0.25, 0.3) is 0 Å². The van der Waals surface area contributed by atoms with Crippen LogP contribution in [0.2, 0.25) is 0 Å². The minimum atomic E-state index is -1.07. The number of hydrogen-bond acceptors (Lipinski definition) is 3. The molecule has 2 fully saturated rings. The van der Waals surface area contributed by atoms with E-state index in [4.69, 9.17) is 10.6 Å². The number of halogens is 1. The SMILES string of the molecule is CC1CC2(CCN(C(=O)O)CC2)C(N=[N+]=N)C1F. The van der Waals surface area contributed by atoms with Gasteiger partial charge in [0.05, 0.1) is 0 Å². The molecule has 1 aliphatic carbocycles. The highest BCUT2D eigenvalue weighted by atomic mass is 19.1. The van der Waals surface area contributed by atoms with E-state index in [1.54, 1.807) is 0 Å². The Kier molecular flexibility index (Phi) is 3.34. The summed E-state index contributed by atoms with van der Waals surface area (Å²) in [6.45, 7) is 2.67. The number of nitrogens with zero attached hydrogens (tertiary/aromatic N) is 3. The molecule has 18 heavy (non-hydrogen) atoms. The molecule has 1 saturated heterocycles. The van der Waals surface area contributed by atoms with Crippen LogP contribution in [0.3, 0.4) is 0 Å². The second-order valence-electron chi connectivity index (χ2n) is 5.42. The molecule has 1 aliphatic heterocycles. The van der Waals surface area contributed by atoms with Crippen molar-refractivity contribution < 1.29 is 14.3 Å². The fraction of sp³-hybridized carbons (Fsp3) is 0.909. The van der Waals surface area contributed by atoms with E-state index >= 15 is 0 Å². The van der Waals surface area contributed by atoms with Gasteiger partial charge in [0.15, 0.2) is 6.04 Å². The number of alkyl halides is 1. The van der Waals surface area contributed by atoms with E-state index in [-0.39, 0.29) is 11.3 Å². The molecule has 2 N–H and O–H groups in total. The number of likely N-dealkylation sites (tertiary alicyclic amines) is 1. The highest BCUT2D eigenvalue weighted by molar-refractivity contribution is 5.65. The topological polar surface area (TPSA) is 90.8 Å². The van der Waals surface area contributed by atoms with Crippen molar-refractivity contribution in [2.75, 3.05) is 13.1 Å². The minimum Gasteiger partial charge on any atom is -0.465 e. The van der Waals surface area contributed by atoms with Crippen molar-refractivity contribution in [3.05, 3.63) is 0 Å². The maximum atomic E-state index is 14.1. The average molecular weight is 257 g/mol. The zero-order chi connectivity index (χ0) is 13.3. The summed E-state index contributed by atoms with van der Waals surface area (Å²) in [4.78, 5) is 15.2. The van der Waals surface area contributed by atoms with E-state index in [0.29, 0.717) is 32.4 Å². The Bertz CT molecular complexity index is 389. The lowest BCUT2D eigenvalue weighted by Gasteiger charge is -2.39. The Balaban J connectivity index is 2.16. The number of piperidine rings is 1. The molecule has 100 valence electrons. The van der Waals surface area contributed by atoms with Crippen molar-refractivity contribution in [2.24, 2.45) is 16.4 Å². The van der Waals surface area contributed by atoms with Crippen molar-refractivity contribution >= 4 is 6.09 Å². The molecule has 1 amide bonds. The van der Waals surface area contributed by atoms with Crippen LogP contribution in [0.1, 0.15) is 26.2 Å². The van der Waals surface area contributed by atoms with Crippen molar-refractivity contribution in [1.82, 2.24) is 9.81 Å². The van der Waals surface area contributed by atoms with Crippen LogP contribution >= 0.6 is 0 Å². The van der Waals surface area contributed by atoms with Crippen LogP contribution in [0.25, 0.3) is 0 Å². The lowest BCUT2D eigenvalue weighted by Crippen LogP contribution is -2.46. The fourth-order valence-corrected chi connectivity index (χ4v) is 3.42. The molecule has 0 radical (unpaired) electrons. The summed E-state index contributed by atoms with van der Waals surface area (Å²) in [7, 11) is 0. The Hall–Kier alpha value is -1.49. The van der Waals surface area contributed by atoms with Gasteiger partial charge in [-0.05, 0) is 25.2 Å². The zero-order valence-corrected chi connectivity index (χ0v) is 10.3. The van der Waals surface area contributed by atoms with E-state index in [2.05, 4.69) is 10.0 Å². The fourth-order valence-electron chi connectivity index (χ4n) is 3.42. The van der Waals surface area contributed by atoms with Gasteiger partial charge in [0, 0.05) is 18.5 Å². The molecule has 6 nitrogen and oxygen atoms in total. The predicted molar refractivity (Wildman–Crippen MR) is 61.0 cm³/mol. The molecular weight excluding hydrogens is 239 g/mol. The second kappa shape index (κ2) is 4.65. The standard InChI is InChI=1S/C11H17FN4O2/c1-7-6-11(9(8(7)12)14-15-13)2-4-16(5-3-11)10(17)18/h7-9,13H,2-6H2,1H3/p+1. The van der Waals surface area contributed by atoms with Gasteiger partial charge in [-0.2, -0.15) is 0 Å². The van der Waals surface area contributed by atoms with Crippen molar-refractivity contribution in [3.8, 4) is 0 Å². The minimum absolute atomic E-state index is 0.100. The number of rotatable bonds is 1. The predicted octanol–water partition coefficient (Wildman–Crippen LogP) is 2.04. The van der Waals surface area contributed by atoms with Gasteiger partial charge in [0.1, 0.15) is 16.8 Å². The monoisotopic (exact) mass is 257 g/mol. The van der Waals surface area contributed by atoms with Gasteiger partial charge < -0.3 is 10.0 Å². The third-order valence-corrected chi connectivity index (χ3v) is 4.41. The number of carboxylic acid groups (broad SMARTS) is 1. The van der Waals surface area contributed by atoms with Crippen LogP contribution in [0, 0.1) is 16.9 Å². The lowest BCUT2D eigenvalue weighted by atomic mass is 9.74. The summed E-state index contributed by atoms with van der Waals surface area (Å²) in [5.74, 6) is -0.100. The van der Waals surface area contributed by atoms with Gasteiger partial charge in [-0.25, -0.2) is 9.18 Å². The van der Waals surface area contributed by atoms with Gasteiger partial charge >= 0.3 is 6.09 Å². The van der Waals surface area contributed by atoms with E-state index in [1.807, 2.05) is 6.92 Å². The van der Waals surface area contributed by atoms with E-state index < -0.39 is 18.3 Å². The summed E-state index contributed by atoms with van der Waals surface area (Å²) >= 11 is 0. The Labute approximate surface area is 104 Å². The molecule has 2 aliphatic rings. The Morgan fingerprint density at radius 1 is 1.56 bits per heavy atom. The van der Waals surface area contributed by atoms with Crippen LogP contribution in [-0.4, -0.2) is 41.4 Å². The first-order chi connectivity index (χ1) is 8.50. The third-order valence-electron chi connectivity index (χ3n) is 4.41.